The number of hydrogen-bond acceptors (Lipinski definition) is 8. The fraction of sp³-hybridized carbons (Fsp3) is 0.562. The molecule has 1 aliphatic heterocycles. The van der Waals surface area contributed by atoms with E-state index >= 15 is 0 Å². The average molecular weight is 346 g/mol. The summed E-state index contributed by atoms with van der Waals surface area (Å²) in [5.74, 6) is 1.70. The van der Waals surface area contributed by atoms with Gasteiger partial charge in [0.05, 0.1) is 0 Å². The van der Waals surface area contributed by atoms with Crippen molar-refractivity contribution in [1.29, 1.82) is 0 Å². The van der Waals surface area contributed by atoms with Crippen molar-refractivity contribution in [2.75, 3.05) is 23.7 Å². The molecule has 2 aromatic rings. The second kappa shape index (κ2) is 7.04. The highest BCUT2D eigenvalue weighted by molar-refractivity contribution is 5.68. The molecule has 2 aromatic heterocycles. The molecule has 0 saturated carbocycles. The molecule has 3 N–H and O–H groups in total. The molecule has 134 valence electrons. The molecule has 9 nitrogen and oxygen atoms in total. The lowest BCUT2D eigenvalue weighted by Gasteiger charge is -2.33. The van der Waals surface area contributed by atoms with Gasteiger partial charge >= 0.3 is 5.97 Å². The smallest absolute Gasteiger partial charge is 0.303 e. The molecule has 0 spiro atoms. The van der Waals surface area contributed by atoms with Crippen LogP contribution in [0, 0.1) is 13.8 Å². The van der Waals surface area contributed by atoms with Gasteiger partial charge in [0.2, 0.25) is 11.8 Å². The Morgan fingerprint density at radius 1 is 1.28 bits per heavy atom. The minimum atomic E-state index is -0.839. The Hall–Kier alpha value is -2.71. The highest BCUT2D eigenvalue weighted by Crippen LogP contribution is 2.31. The van der Waals surface area contributed by atoms with Crippen molar-refractivity contribution in [1.82, 2.24) is 20.1 Å². The van der Waals surface area contributed by atoms with Crippen molar-refractivity contribution in [3.63, 3.8) is 0 Å². The number of nitrogens with zero attached hydrogens (tertiary/aromatic N) is 5. The minimum absolute atomic E-state index is 0.0414. The summed E-state index contributed by atoms with van der Waals surface area (Å²) in [6.07, 6.45) is 2.18. The second-order valence-corrected chi connectivity index (χ2v) is 6.30. The molecule has 1 aliphatic rings. The number of nitrogen functional groups attached to an aromatic ring is 1. The van der Waals surface area contributed by atoms with Gasteiger partial charge in [-0.25, -0.2) is 4.98 Å². The number of rotatable bonds is 5. The van der Waals surface area contributed by atoms with Crippen LogP contribution in [0.15, 0.2) is 4.52 Å². The Balaban J connectivity index is 1.76. The van der Waals surface area contributed by atoms with E-state index in [2.05, 4.69) is 25.0 Å². The zero-order valence-corrected chi connectivity index (χ0v) is 14.4. The minimum Gasteiger partial charge on any atom is -0.481 e. The van der Waals surface area contributed by atoms with Crippen molar-refractivity contribution in [3.8, 4) is 0 Å². The maximum atomic E-state index is 10.9. The Morgan fingerprint density at radius 2 is 2.00 bits per heavy atom. The number of carboxylic acids is 1. The van der Waals surface area contributed by atoms with Crippen molar-refractivity contribution < 1.29 is 14.4 Å². The first-order valence-electron chi connectivity index (χ1n) is 8.34. The van der Waals surface area contributed by atoms with Crippen molar-refractivity contribution in [2.24, 2.45) is 0 Å². The van der Waals surface area contributed by atoms with Gasteiger partial charge in [0.25, 0.3) is 0 Å². The third-order valence-corrected chi connectivity index (χ3v) is 4.50. The molecular formula is C16H22N6O3. The van der Waals surface area contributed by atoms with Crippen LogP contribution in [0.5, 0.6) is 0 Å². The summed E-state index contributed by atoms with van der Waals surface area (Å²) in [4.78, 5) is 26.0. The fourth-order valence-electron chi connectivity index (χ4n) is 3.22. The van der Waals surface area contributed by atoms with E-state index in [1.165, 1.54) is 0 Å². The zero-order chi connectivity index (χ0) is 18.0. The molecule has 3 heterocycles. The number of carbonyl (C=O) groups is 1. The van der Waals surface area contributed by atoms with Gasteiger partial charge in [-0.2, -0.15) is 9.97 Å². The van der Waals surface area contributed by atoms with Gasteiger partial charge in [0.1, 0.15) is 5.82 Å². The number of aliphatic carboxylic acids is 1. The van der Waals surface area contributed by atoms with Crippen LogP contribution in [0.2, 0.25) is 0 Å². The van der Waals surface area contributed by atoms with E-state index in [0.29, 0.717) is 12.3 Å². The Bertz CT molecular complexity index is 767. The molecule has 0 aromatic carbocycles. The summed E-state index contributed by atoms with van der Waals surface area (Å²) < 4.78 is 5.07. The van der Waals surface area contributed by atoms with Crippen LogP contribution < -0.4 is 10.6 Å². The molecule has 0 unspecified atom stereocenters. The predicted octanol–water partition coefficient (Wildman–Crippen LogP) is 1.46. The van der Waals surface area contributed by atoms with Gasteiger partial charge in [-0.05, 0) is 26.2 Å². The first-order valence-corrected chi connectivity index (χ1v) is 8.34. The number of hydrogen-bond donors (Lipinski definition) is 2. The van der Waals surface area contributed by atoms with Gasteiger partial charge < -0.3 is 20.3 Å². The standard InChI is InChI=1S/C16H22N6O3/c1-9-12(3-4-13(23)24)15(20-16(17)18-9)22-7-5-11(6-8-22)14-19-10(2)25-21-14/h11H,3-8H2,1-2H3,(H,23,24)(H2,17,18,20). The summed E-state index contributed by atoms with van der Waals surface area (Å²) in [6.45, 7) is 5.17. The molecule has 0 amide bonds. The number of piperidine rings is 1. The highest BCUT2D eigenvalue weighted by atomic mass is 16.5. The Morgan fingerprint density at radius 3 is 2.60 bits per heavy atom. The monoisotopic (exact) mass is 346 g/mol. The molecule has 0 aliphatic carbocycles. The van der Waals surface area contributed by atoms with Crippen LogP contribution >= 0.6 is 0 Å². The van der Waals surface area contributed by atoms with E-state index in [4.69, 9.17) is 15.4 Å². The van der Waals surface area contributed by atoms with E-state index in [0.717, 1.165) is 48.8 Å². The van der Waals surface area contributed by atoms with E-state index in [1.807, 2.05) is 6.92 Å². The number of carboxylic acid groups (broad SMARTS) is 1. The quantitative estimate of drug-likeness (QED) is 0.825. The van der Waals surface area contributed by atoms with Crippen molar-refractivity contribution >= 4 is 17.7 Å². The lowest BCUT2D eigenvalue weighted by atomic mass is 9.95. The Labute approximate surface area is 145 Å². The summed E-state index contributed by atoms with van der Waals surface area (Å²) in [5.41, 5.74) is 7.40. The van der Waals surface area contributed by atoms with Crippen LogP contribution in [0.3, 0.4) is 0 Å². The molecule has 25 heavy (non-hydrogen) atoms. The number of nitrogens with two attached hydrogens (primary N) is 1. The summed E-state index contributed by atoms with van der Waals surface area (Å²) in [6, 6.07) is 0. The molecule has 0 bridgehead atoms. The van der Waals surface area contributed by atoms with Crippen LogP contribution in [-0.4, -0.2) is 44.3 Å². The number of aryl methyl sites for hydroxylation is 2. The topological polar surface area (TPSA) is 131 Å². The Kier molecular flexibility index (Phi) is 4.82. The number of aromatic nitrogens is 4. The van der Waals surface area contributed by atoms with E-state index in [-0.39, 0.29) is 18.3 Å². The zero-order valence-electron chi connectivity index (χ0n) is 14.4. The SMILES string of the molecule is Cc1nc(C2CCN(c3nc(N)nc(C)c3CCC(=O)O)CC2)no1. The lowest BCUT2D eigenvalue weighted by molar-refractivity contribution is -0.136. The predicted molar refractivity (Wildman–Crippen MR) is 90.4 cm³/mol. The normalized spacial score (nSPS) is 15.5. The molecule has 1 saturated heterocycles. The highest BCUT2D eigenvalue weighted by Gasteiger charge is 2.27. The summed E-state index contributed by atoms with van der Waals surface area (Å²) >= 11 is 0. The number of anilines is 2. The summed E-state index contributed by atoms with van der Waals surface area (Å²) in [7, 11) is 0. The van der Waals surface area contributed by atoms with E-state index in [9.17, 15) is 4.79 Å². The van der Waals surface area contributed by atoms with E-state index < -0.39 is 5.97 Å². The lowest BCUT2D eigenvalue weighted by Crippen LogP contribution is -2.35. The molecular weight excluding hydrogens is 324 g/mol. The van der Waals surface area contributed by atoms with Crippen LogP contribution in [0.4, 0.5) is 11.8 Å². The van der Waals surface area contributed by atoms with Crippen molar-refractivity contribution in [3.05, 3.63) is 23.0 Å². The molecule has 9 heteroatoms. The maximum absolute atomic E-state index is 10.9. The van der Waals surface area contributed by atoms with Crippen LogP contribution in [0.25, 0.3) is 0 Å². The van der Waals surface area contributed by atoms with Crippen molar-refractivity contribution in [2.45, 2.75) is 45.4 Å². The first-order chi connectivity index (χ1) is 11.9. The van der Waals surface area contributed by atoms with Gasteiger partial charge in [-0.15, -0.1) is 0 Å². The van der Waals surface area contributed by atoms with Crippen LogP contribution in [0.1, 0.15) is 48.2 Å². The van der Waals surface area contributed by atoms with Gasteiger partial charge in [0, 0.05) is 43.6 Å². The van der Waals surface area contributed by atoms with E-state index in [1.54, 1.807) is 6.92 Å². The second-order valence-electron chi connectivity index (χ2n) is 6.30. The largest absolute Gasteiger partial charge is 0.481 e. The third kappa shape index (κ3) is 3.86. The average Bonchev–Trinajstić information content (AvgIpc) is 3.00. The maximum Gasteiger partial charge on any atom is 0.303 e. The molecule has 0 radical (unpaired) electrons. The first kappa shape index (κ1) is 17.1. The third-order valence-electron chi connectivity index (χ3n) is 4.50. The van der Waals surface area contributed by atoms with Gasteiger partial charge in [0.15, 0.2) is 5.82 Å². The molecule has 0 atom stereocenters. The summed E-state index contributed by atoms with van der Waals surface area (Å²) in [5, 5.41) is 13.0. The molecule has 1 fully saturated rings. The molecule has 3 rings (SSSR count). The fourth-order valence-corrected chi connectivity index (χ4v) is 3.22. The van der Waals surface area contributed by atoms with Crippen LogP contribution in [-0.2, 0) is 11.2 Å². The van der Waals surface area contributed by atoms with Gasteiger partial charge in [-0.3, -0.25) is 4.79 Å². The van der Waals surface area contributed by atoms with Gasteiger partial charge in [-0.1, -0.05) is 5.16 Å².